The molecule has 0 radical (unpaired) electrons. The number of carbonyl (C=O) groups excluding carboxylic acids is 1. The molecule has 0 spiro atoms. The Morgan fingerprint density at radius 3 is 2.53 bits per heavy atom. The van der Waals surface area contributed by atoms with E-state index in [4.69, 9.17) is 9.72 Å². The molecular weight excluding hydrogens is 470 g/mol. The molecule has 2 aliphatic heterocycles. The lowest BCUT2D eigenvalue weighted by atomic mass is 9.85. The summed E-state index contributed by atoms with van der Waals surface area (Å²) in [6.45, 7) is 4.49. The number of ketones is 1. The van der Waals surface area contributed by atoms with Gasteiger partial charge >= 0.3 is 0 Å². The van der Waals surface area contributed by atoms with E-state index in [2.05, 4.69) is 29.0 Å². The number of hydrogen-bond acceptors (Lipinski definition) is 5. The molecule has 3 heterocycles. The van der Waals surface area contributed by atoms with E-state index in [0.717, 1.165) is 58.5 Å². The van der Waals surface area contributed by atoms with Crippen molar-refractivity contribution in [1.82, 2.24) is 4.98 Å². The molecule has 0 bridgehead atoms. The van der Waals surface area contributed by atoms with E-state index in [9.17, 15) is 4.79 Å². The third-order valence-electron chi connectivity index (χ3n) is 7.18. The van der Waals surface area contributed by atoms with Crippen molar-refractivity contribution in [3.8, 4) is 11.1 Å². The van der Waals surface area contributed by atoms with Crippen molar-refractivity contribution < 1.29 is 9.53 Å². The van der Waals surface area contributed by atoms with E-state index in [1.54, 1.807) is 18.6 Å². The molecule has 38 heavy (non-hydrogen) atoms. The Balaban J connectivity index is 1.39. The summed E-state index contributed by atoms with van der Waals surface area (Å²) in [4.78, 5) is 27.6. The molecule has 5 rings (SSSR count). The van der Waals surface area contributed by atoms with E-state index in [0.29, 0.717) is 18.2 Å². The molecule has 5 heteroatoms. The highest BCUT2D eigenvalue weighted by Crippen LogP contribution is 2.32. The number of Topliss-reactive ketones (excluding diaryl/α,β-unsaturated/α-hetero) is 1. The smallest absolute Gasteiger partial charge is 0.223 e. The van der Waals surface area contributed by atoms with E-state index in [1.165, 1.54) is 0 Å². The van der Waals surface area contributed by atoms with Gasteiger partial charge in [0.05, 0.1) is 11.5 Å². The maximum Gasteiger partial charge on any atom is 0.223 e. The quantitative estimate of drug-likeness (QED) is 0.255. The van der Waals surface area contributed by atoms with E-state index < -0.39 is 0 Å². The Morgan fingerprint density at radius 2 is 1.71 bits per heavy atom. The largest absolute Gasteiger partial charge is 0.476 e. The molecule has 5 nitrogen and oxygen atoms in total. The molecule has 3 aromatic rings. The normalized spacial score (nSPS) is 15.4. The second-order valence-corrected chi connectivity index (χ2v) is 9.89. The van der Waals surface area contributed by atoms with Gasteiger partial charge in [0.25, 0.3) is 0 Å². The Hall–Kier alpha value is -4.12. The topological polar surface area (TPSA) is 63.9 Å². The fraction of sp³-hybridized carbons (Fsp3) is 0.273. The van der Waals surface area contributed by atoms with Gasteiger partial charge in [-0.05, 0) is 49.4 Å². The second kappa shape index (κ2) is 12.0. The van der Waals surface area contributed by atoms with Crippen LogP contribution >= 0.6 is 0 Å². The molecule has 2 atom stereocenters. The van der Waals surface area contributed by atoms with Gasteiger partial charge in [-0.1, -0.05) is 74.0 Å². The number of fused-ring (bicyclic) bond motifs is 1. The van der Waals surface area contributed by atoms with Crippen LogP contribution in [0.15, 0.2) is 106 Å². The predicted octanol–water partition coefficient (Wildman–Crippen LogP) is 7.50. The minimum Gasteiger partial charge on any atom is -0.476 e. The number of aliphatic imine (C=N–C) groups is 2. The molecule has 0 fully saturated rings. The third kappa shape index (κ3) is 5.72. The number of aryl methyl sites for hydroxylation is 1. The number of nitrogens with zero attached hydrogens (tertiary/aromatic N) is 3. The zero-order chi connectivity index (χ0) is 26.3. The number of rotatable bonds is 11. The predicted molar refractivity (Wildman–Crippen MR) is 154 cm³/mol. The number of hydrogen-bond donors (Lipinski definition) is 0. The molecule has 0 N–H and O–H groups in total. The van der Waals surface area contributed by atoms with Gasteiger partial charge in [0.2, 0.25) is 5.90 Å². The van der Waals surface area contributed by atoms with Crippen LogP contribution in [0.25, 0.3) is 11.1 Å². The van der Waals surface area contributed by atoms with Gasteiger partial charge < -0.3 is 4.74 Å². The molecule has 2 unspecified atom stereocenters. The Bertz CT molecular complexity index is 1420. The number of pyridine rings is 1. The average molecular weight is 504 g/mol. The van der Waals surface area contributed by atoms with Gasteiger partial charge in [0.15, 0.2) is 5.78 Å². The fourth-order valence-electron chi connectivity index (χ4n) is 5.17. The highest BCUT2D eigenvalue weighted by atomic mass is 16.5. The molecule has 1 aromatic heterocycles. The highest BCUT2D eigenvalue weighted by molar-refractivity contribution is 6.11. The van der Waals surface area contributed by atoms with E-state index in [-0.39, 0.29) is 18.3 Å². The van der Waals surface area contributed by atoms with Gasteiger partial charge in [-0.2, -0.15) is 0 Å². The summed E-state index contributed by atoms with van der Waals surface area (Å²) in [5.41, 5.74) is 6.66. The SMILES string of the molecule is CCCC(CCC(COC1=NC=C2C=NC=C21)C(=O)c1ccccc1-c1ccccc1)c1cccc(C)n1. The van der Waals surface area contributed by atoms with Crippen molar-refractivity contribution in [1.29, 1.82) is 0 Å². The molecule has 0 saturated carbocycles. The minimum atomic E-state index is -0.321. The van der Waals surface area contributed by atoms with Gasteiger partial charge in [0, 0.05) is 47.1 Å². The van der Waals surface area contributed by atoms with Crippen molar-refractivity contribution in [2.75, 3.05) is 6.61 Å². The molecule has 192 valence electrons. The molecule has 0 saturated heterocycles. The summed E-state index contributed by atoms with van der Waals surface area (Å²) in [6.07, 6.45) is 8.96. The third-order valence-corrected chi connectivity index (χ3v) is 7.18. The van der Waals surface area contributed by atoms with Crippen molar-refractivity contribution in [2.45, 2.75) is 45.4 Å². The van der Waals surface area contributed by atoms with Crippen LogP contribution in [0.3, 0.4) is 0 Å². The Morgan fingerprint density at radius 1 is 0.895 bits per heavy atom. The molecule has 0 amide bonds. The maximum absolute atomic E-state index is 14.1. The van der Waals surface area contributed by atoms with Crippen LogP contribution in [-0.2, 0) is 4.74 Å². The lowest BCUT2D eigenvalue weighted by Crippen LogP contribution is -2.24. The van der Waals surface area contributed by atoms with E-state index in [1.807, 2.05) is 67.6 Å². The van der Waals surface area contributed by atoms with Crippen LogP contribution in [0.1, 0.15) is 60.3 Å². The first kappa shape index (κ1) is 25.5. The first-order valence-corrected chi connectivity index (χ1v) is 13.4. The van der Waals surface area contributed by atoms with Gasteiger partial charge in [-0.15, -0.1) is 0 Å². The zero-order valence-corrected chi connectivity index (χ0v) is 22.0. The standard InChI is InChI=1S/C33H33N3O2/c1-3-10-25(31-16-9-11-23(2)36-31)17-18-26(22-38-33-30-21-34-19-27(30)20-35-33)32(37)29-15-8-7-14-28(29)24-12-5-4-6-13-24/h4-9,11-16,19-21,25-26H,3,10,17-18,22H2,1-2H3. The summed E-state index contributed by atoms with van der Waals surface area (Å²) in [6, 6.07) is 24.2. The first-order valence-electron chi connectivity index (χ1n) is 13.4. The van der Waals surface area contributed by atoms with Crippen molar-refractivity contribution in [3.05, 3.63) is 113 Å². The van der Waals surface area contributed by atoms with Gasteiger partial charge in [-0.25, -0.2) is 4.99 Å². The lowest BCUT2D eigenvalue weighted by molar-refractivity contribution is 0.0854. The summed E-state index contributed by atoms with van der Waals surface area (Å²) >= 11 is 0. The van der Waals surface area contributed by atoms with Crippen LogP contribution in [-0.4, -0.2) is 29.5 Å². The van der Waals surface area contributed by atoms with Gasteiger partial charge in [-0.3, -0.25) is 14.8 Å². The summed E-state index contributed by atoms with van der Waals surface area (Å²) in [7, 11) is 0. The van der Waals surface area contributed by atoms with Crippen molar-refractivity contribution in [2.24, 2.45) is 15.9 Å². The number of ether oxygens (including phenoxy) is 1. The zero-order valence-electron chi connectivity index (χ0n) is 22.0. The lowest BCUT2D eigenvalue weighted by Gasteiger charge is -2.22. The summed E-state index contributed by atoms with van der Waals surface area (Å²) < 4.78 is 6.20. The maximum atomic E-state index is 14.1. The van der Waals surface area contributed by atoms with Crippen LogP contribution < -0.4 is 0 Å². The summed E-state index contributed by atoms with van der Waals surface area (Å²) in [5.74, 6) is 0.610. The molecule has 2 aromatic carbocycles. The first-order chi connectivity index (χ1) is 18.6. The van der Waals surface area contributed by atoms with Crippen LogP contribution in [0, 0.1) is 12.8 Å². The monoisotopic (exact) mass is 503 g/mol. The molecule has 2 aliphatic rings. The fourth-order valence-corrected chi connectivity index (χ4v) is 5.17. The summed E-state index contributed by atoms with van der Waals surface area (Å²) in [5, 5.41) is 0. The van der Waals surface area contributed by atoms with Crippen molar-refractivity contribution >= 4 is 17.9 Å². The molecular formula is C33H33N3O2. The Kier molecular flexibility index (Phi) is 8.03. The van der Waals surface area contributed by atoms with Gasteiger partial charge in [0.1, 0.15) is 6.61 Å². The van der Waals surface area contributed by atoms with Crippen LogP contribution in [0.2, 0.25) is 0 Å². The second-order valence-electron chi connectivity index (χ2n) is 9.89. The minimum absolute atomic E-state index is 0.0975. The molecule has 0 aliphatic carbocycles. The van der Waals surface area contributed by atoms with Crippen LogP contribution in [0.4, 0.5) is 0 Å². The number of carbonyl (C=O) groups is 1. The number of aromatic nitrogens is 1. The van der Waals surface area contributed by atoms with Crippen LogP contribution in [0.5, 0.6) is 0 Å². The number of benzene rings is 2. The average Bonchev–Trinajstić information content (AvgIpc) is 3.57. The van der Waals surface area contributed by atoms with E-state index >= 15 is 0 Å². The van der Waals surface area contributed by atoms with Crippen molar-refractivity contribution in [3.63, 3.8) is 0 Å². The highest BCUT2D eigenvalue weighted by Gasteiger charge is 2.28. The Labute approximate surface area is 224 Å².